The zero-order valence-corrected chi connectivity index (χ0v) is 22.9. The maximum Gasteiger partial charge on any atom is 0.271 e. The number of benzene rings is 3. The predicted molar refractivity (Wildman–Crippen MR) is 160 cm³/mol. The number of aromatic amines is 2. The number of hydrogen-bond donors (Lipinski definition) is 3. The minimum Gasteiger partial charge on any atom is -0.361 e. The minimum atomic E-state index is -0.853. The van der Waals surface area contributed by atoms with Gasteiger partial charge in [-0.1, -0.05) is 67.8 Å². The summed E-state index contributed by atoms with van der Waals surface area (Å²) in [4.78, 5) is 36.7. The summed E-state index contributed by atoms with van der Waals surface area (Å²) in [6, 6.07) is 26.1. The summed E-state index contributed by atoms with van der Waals surface area (Å²) in [5, 5.41) is 14.7. The van der Waals surface area contributed by atoms with Crippen molar-refractivity contribution in [2.75, 3.05) is 6.54 Å². The molecule has 1 saturated carbocycles. The highest BCUT2D eigenvalue weighted by Crippen LogP contribution is 2.28. The zero-order chi connectivity index (χ0) is 28.2. The molecule has 1 aliphatic rings. The van der Waals surface area contributed by atoms with E-state index in [0.29, 0.717) is 29.8 Å². The number of amides is 2. The van der Waals surface area contributed by atoms with E-state index >= 15 is 0 Å². The molecule has 2 heterocycles. The Bertz CT molecular complexity index is 1690. The maximum absolute atomic E-state index is 14.3. The zero-order valence-electron chi connectivity index (χ0n) is 22.9. The van der Waals surface area contributed by atoms with Crippen molar-refractivity contribution in [3.63, 3.8) is 0 Å². The van der Waals surface area contributed by atoms with Gasteiger partial charge in [-0.2, -0.15) is 5.26 Å². The topological polar surface area (TPSA) is 105 Å². The van der Waals surface area contributed by atoms with Crippen LogP contribution >= 0.6 is 0 Å². The molecule has 0 saturated heterocycles. The number of rotatable bonds is 8. The molecule has 41 heavy (non-hydrogen) atoms. The van der Waals surface area contributed by atoms with Gasteiger partial charge in [0.05, 0.1) is 11.6 Å². The Balaban J connectivity index is 1.39. The second-order valence-electron chi connectivity index (χ2n) is 10.9. The van der Waals surface area contributed by atoms with Crippen LogP contribution in [0.2, 0.25) is 0 Å². The molecule has 0 spiro atoms. The van der Waals surface area contributed by atoms with Gasteiger partial charge in [0.15, 0.2) is 0 Å². The van der Waals surface area contributed by atoms with E-state index in [4.69, 9.17) is 0 Å². The Hall–Kier alpha value is -4.83. The van der Waals surface area contributed by atoms with Gasteiger partial charge in [0.1, 0.15) is 11.7 Å². The Morgan fingerprint density at radius 2 is 1.68 bits per heavy atom. The summed E-state index contributed by atoms with van der Waals surface area (Å²) in [7, 11) is 0. The third-order valence-electron chi connectivity index (χ3n) is 8.19. The molecule has 7 heteroatoms. The maximum atomic E-state index is 14.3. The molecule has 1 aliphatic carbocycles. The average Bonchev–Trinajstić information content (AvgIpc) is 3.64. The summed E-state index contributed by atoms with van der Waals surface area (Å²) < 4.78 is 0. The first-order valence-electron chi connectivity index (χ1n) is 14.3. The fourth-order valence-electron chi connectivity index (χ4n) is 6.01. The van der Waals surface area contributed by atoms with Gasteiger partial charge in [0, 0.05) is 40.6 Å². The number of hydrogen-bond acceptors (Lipinski definition) is 3. The Morgan fingerprint density at radius 3 is 2.44 bits per heavy atom. The molecule has 6 rings (SSSR count). The summed E-state index contributed by atoms with van der Waals surface area (Å²) >= 11 is 0. The fourth-order valence-corrected chi connectivity index (χ4v) is 6.01. The molecule has 5 aromatic rings. The highest BCUT2D eigenvalue weighted by atomic mass is 16.2. The number of fused-ring (bicyclic) bond motifs is 2. The highest BCUT2D eigenvalue weighted by molar-refractivity contribution is 6.00. The van der Waals surface area contributed by atoms with E-state index in [1.165, 1.54) is 6.42 Å². The molecule has 206 valence electrons. The van der Waals surface area contributed by atoms with Crippen molar-refractivity contribution in [2.45, 2.75) is 50.6 Å². The van der Waals surface area contributed by atoms with E-state index in [9.17, 15) is 14.9 Å². The second kappa shape index (κ2) is 11.7. The predicted octanol–water partition coefficient (Wildman–Crippen LogP) is 6.40. The quantitative estimate of drug-likeness (QED) is 0.211. The van der Waals surface area contributed by atoms with Crippen molar-refractivity contribution in [3.8, 4) is 6.07 Å². The van der Waals surface area contributed by atoms with Crippen LogP contribution in [0.3, 0.4) is 0 Å². The molecule has 1 fully saturated rings. The third-order valence-corrected chi connectivity index (χ3v) is 8.19. The Morgan fingerprint density at radius 1 is 0.951 bits per heavy atom. The normalized spacial score (nSPS) is 14.5. The number of aromatic nitrogens is 2. The number of carbonyl (C=O) groups excluding carboxylic acids is 2. The number of carbonyl (C=O) groups is 2. The van der Waals surface area contributed by atoms with Crippen molar-refractivity contribution in [1.82, 2.24) is 20.2 Å². The van der Waals surface area contributed by atoms with Crippen molar-refractivity contribution < 1.29 is 9.59 Å². The van der Waals surface area contributed by atoms with Crippen LogP contribution in [0.5, 0.6) is 0 Å². The van der Waals surface area contributed by atoms with Gasteiger partial charge in [-0.05, 0) is 60.7 Å². The monoisotopic (exact) mass is 543 g/mol. The molecule has 0 radical (unpaired) electrons. The standard InChI is InChI=1S/C34H33N5O2/c35-21-23-14-16-24(17-15-23)32(33(40)37-27-9-2-1-3-10-27)39(19-18-26-22-36-30-13-7-5-11-28(26)30)34(41)31-20-25-8-4-6-12-29(25)38-31/h4-8,11-17,20,22,27,32,36,38H,1-3,9-10,18-19H2,(H,37,40). The van der Waals surface area contributed by atoms with Gasteiger partial charge in [0.2, 0.25) is 5.91 Å². The lowest BCUT2D eigenvalue weighted by Crippen LogP contribution is -2.47. The van der Waals surface area contributed by atoms with E-state index in [1.807, 2.05) is 54.7 Å². The van der Waals surface area contributed by atoms with Crippen LogP contribution in [0.4, 0.5) is 0 Å². The van der Waals surface area contributed by atoms with E-state index in [1.54, 1.807) is 29.2 Å². The van der Waals surface area contributed by atoms with Crippen LogP contribution in [0.25, 0.3) is 21.8 Å². The Kier molecular flexibility index (Phi) is 7.55. The lowest BCUT2D eigenvalue weighted by Gasteiger charge is -2.33. The summed E-state index contributed by atoms with van der Waals surface area (Å²) in [6.45, 7) is 0.332. The lowest BCUT2D eigenvalue weighted by molar-refractivity contribution is -0.126. The molecule has 1 atom stereocenters. The molecule has 0 bridgehead atoms. The molecule has 2 amide bonds. The SMILES string of the molecule is N#Cc1ccc(C(C(=O)NC2CCCCC2)N(CCc2c[nH]c3ccccc23)C(=O)c2cc3ccccc3[nH]2)cc1. The second-order valence-corrected chi connectivity index (χ2v) is 10.9. The van der Waals surface area contributed by atoms with Gasteiger partial charge in [-0.25, -0.2) is 0 Å². The molecular formula is C34H33N5O2. The molecular weight excluding hydrogens is 510 g/mol. The van der Waals surface area contributed by atoms with E-state index < -0.39 is 6.04 Å². The van der Waals surface area contributed by atoms with Crippen molar-refractivity contribution in [3.05, 3.63) is 107 Å². The van der Waals surface area contributed by atoms with Gasteiger partial charge >= 0.3 is 0 Å². The highest BCUT2D eigenvalue weighted by Gasteiger charge is 2.34. The first kappa shape index (κ1) is 26.4. The largest absolute Gasteiger partial charge is 0.361 e. The van der Waals surface area contributed by atoms with Gasteiger partial charge in [-0.15, -0.1) is 0 Å². The fraction of sp³-hybridized carbons (Fsp3) is 0.265. The minimum absolute atomic E-state index is 0.0933. The van der Waals surface area contributed by atoms with Crippen LogP contribution in [0, 0.1) is 11.3 Å². The van der Waals surface area contributed by atoms with Crippen molar-refractivity contribution in [2.24, 2.45) is 0 Å². The van der Waals surface area contributed by atoms with Crippen LogP contribution < -0.4 is 5.32 Å². The van der Waals surface area contributed by atoms with E-state index in [-0.39, 0.29) is 17.9 Å². The summed E-state index contributed by atoms with van der Waals surface area (Å²) in [5.74, 6) is -0.431. The molecule has 1 unspecified atom stereocenters. The number of para-hydroxylation sites is 2. The first-order chi connectivity index (χ1) is 20.1. The van der Waals surface area contributed by atoms with E-state index in [0.717, 1.165) is 53.1 Å². The van der Waals surface area contributed by atoms with Crippen LogP contribution in [0.1, 0.15) is 65.3 Å². The molecule has 3 aromatic carbocycles. The molecule has 7 nitrogen and oxygen atoms in total. The number of nitrogens with one attached hydrogen (secondary N) is 3. The van der Waals surface area contributed by atoms with Gasteiger partial charge < -0.3 is 20.2 Å². The lowest BCUT2D eigenvalue weighted by atomic mass is 9.94. The number of H-pyrrole nitrogens is 2. The third kappa shape index (κ3) is 5.59. The van der Waals surface area contributed by atoms with Gasteiger partial charge in [-0.3, -0.25) is 9.59 Å². The van der Waals surface area contributed by atoms with E-state index in [2.05, 4.69) is 27.4 Å². The van der Waals surface area contributed by atoms with Crippen molar-refractivity contribution in [1.29, 1.82) is 5.26 Å². The van der Waals surface area contributed by atoms with Crippen LogP contribution in [-0.4, -0.2) is 39.3 Å². The average molecular weight is 544 g/mol. The molecule has 2 aromatic heterocycles. The Labute approximate surface area is 239 Å². The van der Waals surface area contributed by atoms with Gasteiger partial charge in [0.25, 0.3) is 5.91 Å². The molecule has 0 aliphatic heterocycles. The van der Waals surface area contributed by atoms with Crippen LogP contribution in [-0.2, 0) is 11.2 Å². The molecule has 3 N–H and O–H groups in total. The summed E-state index contributed by atoms with van der Waals surface area (Å²) in [6.07, 6.45) is 7.79. The summed E-state index contributed by atoms with van der Waals surface area (Å²) in [5.41, 5.74) is 4.62. The van der Waals surface area contributed by atoms with Crippen LogP contribution in [0.15, 0.2) is 85.1 Å². The van der Waals surface area contributed by atoms with Crippen molar-refractivity contribution >= 4 is 33.6 Å². The first-order valence-corrected chi connectivity index (χ1v) is 14.3. The number of nitrogens with zero attached hydrogens (tertiary/aromatic N) is 2. The smallest absolute Gasteiger partial charge is 0.271 e. The number of nitriles is 1.